The summed E-state index contributed by atoms with van der Waals surface area (Å²) in [5, 5.41) is 13.5. The second-order valence-electron chi connectivity index (χ2n) is 6.03. The molecule has 0 unspecified atom stereocenters. The Morgan fingerprint density at radius 2 is 1.92 bits per heavy atom. The minimum absolute atomic E-state index is 0.329. The summed E-state index contributed by atoms with van der Waals surface area (Å²) in [4.78, 5) is 29.3. The first-order valence-corrected chi connectivity index (χ1v) is 9.55. The van der Waals surface area contributed by atoms with Crippen molar-refractivity contribution in [2.75, 3.05) is 5.32 Å². The Labute approximate surface area is 164 Å². The topological polar surface area (TPSA) is 79.3 Å². The average molecular weight is 411 g/mol. The van der Waals surface area contributed by atoms with Crippen LogP contribution < -0.4 is 5.32 Å². The van der Waals surface area contributed by atoms with E-state index >= 15 is 0 Å². The molecule has 26 heavy (non-hydrogen) atoms. The number of halogens is 2. The van der Waals surface area contributed by atoms with E-state index in [1.807, 2.05) is 13.0 Å². The average Bonchev–Trinajstić information content (AvgIpc) is 2.94. The van der Waals surface area contributed by atoms with Gasteiger partial charge in [0, 0.05) is 15.5 Å². The van der Waals surface area contributed by atoms with Crippen LogP contribution in [0.1, 0.15) is 17.7 Å². The molecule has 0 bridgehead atoms. The van der Waals surface area contributed by atoms with Gasteiger partial charge in [-0.1, -0.05) is 35.4 Å². The monoisotopic (exact) mass is 410 g/mol. The Balaban J connectivity index is 1.82. The molecule has 1 aliphatic carbocycles. The van der Waals surface area contributed by atoms with E-state index in [0.29, 0.717) is 33.7 Å². The van der Waals surface area contributed by atoms with Crippen LogP contribution in [0.2, 0.25) is 10.0 Å². The van der Waals surface area contributed by atoms with Gasteiger partial charge >= 0.3 is 5.97 Å². The molecule has 8 heteroatoms. The van der Waals surface area contributed by atoms with Crippen LogP contribution in [-0.4, -0.2) is 22.0 Å². The van der Waals surface area contributed by atoms with Crippen LogP contribution in [0.4, 0.5) is 5.13 Å². The maximum Gasteiger partial charge on any atom is 0.307 e. The van der Waals surface area contributed by atoms with Gasteiger partial charge in [-0.2, -0.15) is 0 Å². The number of aromatic nitrogens is 1. The summed E-state index contributed by atoms with van der Waals surface area (Å²) in [6, 6.07) is 5.15. The van der Waals surface area contributed by atoms with Crippen molar-refractivity contribution < 1.29 is 14.7 Å². The molecule has 2 atom stereocenters. The summed E-state index contributed by atoms with van der Waals surface area (Å²) < 4.78 is 0. The predicted molar refractivity (Wildman–Crippen MR) is 104 cm³/mol. The van der Waals surface area contributed by atoms with Gasteiger partial charge in [0.05, 0.1) is 22.6 Å². The molecule has 2 aromatic rings. The van der Waals surface area contributed by atoms with Gasteiger partial charge < -0.3 is 10.4 Å². The predicted octanol–water partition coefficient (Wildman–Crippen LogP) is 5.03. The number of carbonyl (C=O) groups excluding carboxylic acids is 1. The molecule has 0 saturated heterocycles. The fraction of sp³-hybridized carbons (Fsp3) is 0.278. The molecular formula is C18H16Cl2N2O3S. The Hall–Kier alpha value is -1.89. The Morgan fingerprint density at radius 1 is 1.23 bits per heavy atom. The lowest BCUT2D eigenvalue weighted by Crippen LogP contribution is -2.34. The van der Waals surface area contributed by atoms with Crippen LogP contribution in [0.3, 0.4) is 0 Å². The number of anilines is 1. The lowest BCUT2D eigenvalue weighted by atomic mass is 9.82. The summed E-state index contributed by atoms with van der Waals surface area (Å²) in [5.74, 6) is -2.61. The molecule has 0 aliphatic heterocycles. The number of aliphatic carboxylic acids is 1. The number of carboxylic acid groups (broad SMARTS) is 1. The summed E-state index contributed by atoms with van der Waals surface area (Å²) in [5.41, 5.74) is 1.40. The van der Waals surface area contributed by atoms with E-state index in [1.165, 1.54) is 11.3 Å². The van der Waals surface area contributed by atoms with E-state index in [0.717, 1.165) is 10.4 Å². The van der Waals surface area contributed by atoms with E-state index in [1.54, 1.807) is 24.3 Å². The number of hydrogen-bond donors (Lipinski definition) is 2. The van der Waals surface area contributed by atoms with Crippen molar-refractivity contribution in [2.45, 2.75) is 19.8 Å². The van der Waals surface area contributed by atoms with Gasteiger partial charge in [-0.3, -0.25) is 9.59 Å². The molecule has 136 valence electrons. The highest BCUT2D eigenvalue weighted by molar-refractivity contribution is 7.16. The lowest BCUT2D eigenvalue weighted by Gasteiger charge is -2.23. The number of thiazole rings is 1. The first kappa shape index (κ1) is 18.9. The molecule has 0 radical (unpaired) electrons. The molecule has 1 aromatic carbocycles. The quantitative estimate of drug-likeness (QED) is 0.692. The number of benzene rings is 1. The Kier molecular flexibility index (Phi) is 5.65. The van der Waals surface area contributed by atoms with E-state index in [2.05, 4.69) is 10.3 Å². The highest BCUT2D eigenvalue weighted by atomic mass is 35.5. The molecule has 3 rings (SSSR count). The summed E-state index contributed by atoms with van der Waals surface area (Å²) >= 11 is 13.5. The van der Waals surface area contributed by atoms with Crippen molar-refractivity contribution in [1.29, 1.82) is 0 Å². The van der Waals surface area contributed by atoms with Crippen molar-refractivity contribution in [3.63, 3.8) is 0 Å². The van der Waals surface area contributed by atoms with Gasteiger partial charge in [0.2, 0.25) is 5.91 Å². The molecule has 1 aromatic heterocycles. The Morgan fingerprint density at radius 3 is 2.58 bits per heavy atom. The number of nitrogens with zero attached hydrogens (tertiary/aromatic N) is 1. The number of nitrogens with one attached hydrogen (secondary N) is 1. The second kappa shape index (κ2) is 7.78. The van der Waals surface area contributed by atoms with E-state index in [-0.39, 0.29) is 5.91 Å². The minimum atomic E-state index is -0.960. The molecule has 2 N–H and O–H groups in total. The number of aryl methyl sites for hydroxylation is 1. The van der Waals surface area contributed by atoms with Gasteiger partial charge in [-0.15, -0.1) is 11.3 Å². The normalized spacial score (nSPS) is 19.3. The standard InChI is InChI=1S/C18H16Cl2N2O3S/c1-9-15(13-7-6-10(19)8-14(13)20)21-18(26-9)22-16(23)11-4-2-3-5-12(11)17(24)25/h2-3,6-8,11-12H,4-5H2,1H3,(H,24,25)(H,21,22,23)/t11-,12-/m0/s1. The maximum absolute atomic E-state index is 12.6. The largest absolute Gasteiger partial charge is 0.481 e. The van der Waals surface area contributed by atoms with Crippen LogP contribution in [0.25, 0.3) is 11.3 Å². The first-order valence-electron chi connectivity index (χ1n) is 7.98. The van der Waals surface area contributed by atoms with Crippen molar-refractivity contribution in [3.05, 3.63) is 45.3 Å². The van der Waals surface area contributed by atoms with Crippen LogP contribution >= 0.6 is 34.5 Å². The fourth-order valence-electron chi connectivity index (χ4n) is 2.96. The summed E-state index contributed by atoms with van der Waals surface area (Å²) in [6.45, 7) is 1.89. The van der Waals surface area contributed by atoms with Gasteiger partial charge in [-0.05, 0) is 38.0 Å². The number of carboxylic acids is 1. The number of carbonyl (C=O) groups is 2. The third kappa shape index (κ3) is 3.92. The highest BCUT2D eigenvalue weighted by Crippen LogP contribution is 2.36. The Bertz CT molecular complexity index is 895. The van der Waals surface area contributed by atoms with Gasteiger partial charge in [0.1, 0.15) is 0 Å². The molecule has 1 heterocycles. The zero-order valence-corrected chi connectivity index (χ0v) is 16.2. The molecule has 0 fully saturated rings. The van der Waals surface area contributed by atoms with Gasteiger partial charge in [0.15, 0.2) is 5.13 Å². The van der Waals surface area contributed by atoms with E-state index < -0.39 is 17.8 Å². The molecule has 1 amide bonds. The minimum Gasteiger partial charge on any atom is -0.481 e. The lowest BCUT2D eigenvalue weighted by molar-refractivity contribution is -0.146. The van der Waals surface area contributed by atoms with E-state index in [4.69, 9.17) is 23.2 Å². The fourth-order valence-corrected chi connectivity index (χ4v) is 4.29. The van der Waals surface area contributed by atoms with Crippen LogP contribution in [0, 0.1) is 18.8 Å². The van der Waals surface area contributed by atoms with Crippen molar-refractivity contribution in [1.82, 2.24) is 4.98 Å². The number of rotatable bonds is 4. The third-order valence-corrected chi connectivity index (χ3v) is 5.73. The van der Waals surface area contributed by atoms with Crippen LogP contribution in [0.15, 0.2) is 30.4 Å². The number of amides is 1. The molecular weight excluding hydrogens is 395 g/mol. The van der Waals surface area contributed by atoms with Crippen LogP contribution in [0.5, 0.6) is 0 Å². The van der Waals surface area contributed by atoms with Crippen molar-refractivity contribution >= 4 is 51.5 Å². The zero-order chi connectivity index (χ0) is 18.8. The molecule has 1 aliphatic rings. The second-order valence-corrected chi connectivity index (χ2v) is 8.08. The molecule has 5 nitrogen and oxygen atoms in total. The highest BCUT2D eigenvalue weighted by Gasteiger charge is 2.34. The first-order chi connectivity index (χ1) is 12.4. The summed E-state index contributed by atoms with van der Waals surface area (Å²) in [7, 11) is 0. The smallest absolute Gasteiger partial charge is 0.307 e. The summed E-state index contributed by atoms with van der Waals surface area (Å²) in [6.07, 6.45) is 4.41. The number of allylic oxidation sites excluding steroid dienone is 2. The van der Waals surface area contributed by atoms with Crippen LogP contribution in [-0.2, 0) is 9.59 Å². The molecule has 0 spiro atoms. The van der Waals surface area contributed by atoms with E-state index in [9.17, 15) is 14.7 Å². The van der Waals surface area contributed by atoms with Crippen molar-refractivity contribution in [2.24, 2.45) is 11.8 Å². The van der Waals surface area contributed by atoms with Gasteiger partial charge in [-0.25, -0.2) is 4.98 Å². The molecule has 0 saturated carbocycles. The SMILES string of the molecule is Cc1sc(NC(=O)[C@H]2CC=CC[C@@H]2C(=O)O)nc1-c1ccc(Cl)cc1Cl. The van der Waals surface area contributed by atoms with Crippen molar-refractivity contribution in [3.8, 4) is 11.3 Å². The van der Waals surface area contributed by atoms with Gasteiger partial charge in [0.25, 0.3) is 0 Å². The maximum atomic E-state index is 12.6. The third-order valence-electron chi connectivity index (χ3n) is 4.30. The zero-order valence-electron chi connectivity index (χ0n) is 13.8. The number of hydrogen-bond acceptors (Lipinski definition) is 4.